The first-order valence-corrected chi connectivity index (χ1v) is 7.19. The molecule has 1 N–H and O–H groups in total. The van der Waals surface area contributed by atoms with Crippen LogP contribution in [0.1, 0.15) is 43.1 Å². The molecule has 3 heteroatoms. The fourth-order valence-electron chi connectivity index (χ4n) is 2.36. The van der Waals surface area contributed by atoms with E-state index in [4.69, 9.17) is 0 Å². The number of hydrogen-bond acceptors (Lipinski definition) is 2. The van der Waals surface area contributed by atoms with Gasteiger partial charge < -0.3 is 5.32 Å². The fourth-order valence-corrected chi connectivity index (χ4v) is 2.36. The largest absolute Gasteiger partial charge is 0.305 e. The monoisotopic (exact) mass is 272 g/mol. The van der Waals surface area contributed by atoms with Crippen molar-refractivity contribution in [1.29, 1.82) is 0 Å². The molecule has 0 bridgehead atoms. The molecule has 0 radical (unpaired) electrons. The molecular formula is C17H21FN2. The summed E-state index contributed by atoms with van der Waals surface area (Å²) in [6.07, 6.45) is 3.66. The maximum absolute atomic E-state index is 14.1. The zero-order valence-electron chi connectivity index (χ0n) is 12.1. The maximum atomic E-state index is 14.1. The molecule has 2 aromatic rings. The highest BCUT2D eigenvalue weighted by molar-refractivity contribution is 5.33. The summed E-state index contributed by atoms with van der Waals surface area (Å²) in [5.41, 5.74) is 2.74. The molecule has 0 spiro atoms. The molecule has 2 nitrogen and oxygen atoms in total. The van der Waals surface area contributed by atoms with Gasteiger partial charge in [-0.1, -0.05) is 38.1 Å². The zero-order chi connectivity index (χ0) is 14.4. The third-order valence-electron chi connectivity index (χ3n) is 3.40. The van der Waals surface area contributed by atoms with Gasteiger partial charge in [0.1, 0.15) is 5.82 Å². The van der Waals surface area contributed by atoms with E-state index in [2.05, 4.69) is 30.2 Å². The second-order valence-electron chi connectivity index (χ2n) is 4.81. The van der Waals surface area contributed by atoms with Crippen LogP contribution in [0.25, 0.3) is 0 Å². The highest BCUT2D eigenvalue weighted by Gasteiger charge is 2.20. The van der Waals surface area contributed by atoms with E-state index in [9.17, 15) is 4.39 Å². The molecule has 0 amide bonds. The van der Waals surface area contributed by atoms with Crippen molar-refractivity contribution < 1.29 is 4.39 Å². The van der Waals surface area contributed by atoms with E-state index in [0.29, 0.717) is 5.56 Å². The van der Waals surface area contributed by atoms with Crippen molar-refractivity contribution in [2.75, 3.05) is 6.54 Å². The van der Waals surface area contributed by atoms with Gasteiger partial charge in [-0.25, -0.2) is 4.39 Å². The molecule has 0 saturated heterocycles. The van der Waals surface area contributed by atoms with Crippen LogP contribution in [0.15, 0.2) is 42.6 Å². The van der Waals surface area contributed by atoms with Crippen molar-refractivity contribution in [3.63, 3.8) is 0 Å². The number of halogens is 1. The van der Waals surface area contributed by atoms with Crippen molar-refractivity contribution in [3.8, 4) is 0 Å². The van der Waals surface area contributed by atoms with Gasteiger partial charge in [0.05, 0.1) is 11.7 Å². The number of hydrogen-bond donors (Lipinski definition) is 1. The van der Waals surface area contributed by atoms with Crippen molar-refractivity contribution in [3.05, 3.63) is 65.2 Å². The average molecular weight is 272 g/mol. The number of pyridine rings is 1. The topological polar surface area (TPSA) is 24.9 Å². The van der Waals surface area contributed by atoms with E-state index in [-0.39, 0.29) is 11.9 Å². The molecule has 20 heavy (non-hydrogen) atoms. The molecule has 1 atom stereocenters. The van der Waals surface area contributed by atoms with E-state index >= 15 is 0 Å². The first kappa shape index (κ1) is 14.7. The Morgan fingerprint density at radius 1 is 1.15 bits per heavy atom. The predicted molar refractivity (Wildman–Crippen MR) is 80.2 cm³/mol. The van der Waals surface area contributed by atoms with Crippen LogP contribution < -0.4 is 5.32 Å². The van der Waals surface area contributed by atoms with Crippen molar-refractivity contribution in [1.82, 2.24) is 10.3 Å². The van der Waals surface area contributed by atoms with E-state index in [1.807, 2.05) is 18.2 Å². The number of benzene rings is 1. The molecule has 1 heterocycles. The van der Waals surface area contributed by atoms with E-state index in [1.165, 1.54) is 6.07 Å². The quantitative estimate of drug-likeness (QED) is 0.863. The maximum Gasteiger partial charge on any atom is 0.128 e. The van der Waals surface area contributed by atoms with Gasteiger partial charge in [0.25, 0.3) is 0 Å². The summed E-state index contributed by atoms with van der Waals surface area (Å²) in [6.45, 7) is 5.03. The average Bonchev–Trinajstić information content (AvgIpc) is 2.49. The minimum Gasteiger partial charge on any atom is -0.305 e. The standard InChI is InChI=1S/C17H21FN2/c1-3-11-19-17(14-9-5-6-10-15(14)18)16-13(4-2)8-7-12-20-16/h5-10,12,17,19H,3-4,11H2,1-2H3. The normalized spacial score (nSPS) is 12.3. The van der Waals surface area contributed by atoms with Crippen LogP contribution in [0.4, 0.5) is 4.39 Å². The third kappa shape index (κ3) is 3.23. The smallest absolute Gasteiger partial charge is 0.128 e. The lowest BCUT2D eigenvalue weighted by Gasteiger charge is -2.21. The Balaban J connectivity index is 2.44. The van der Waals surface area contributed by atoms with Crippen LogP contribution in [0.2, 0.25) is 0 Å². The number of aryl methyl sites for hydroxylation is 1. The molecule has 2 rings (SSSR count). The van der Waals surface area contributed by atoms with Crippen molar-refractivity contribution >= 4 is 0 Å². The number of aromatic nitrogens is 1. The summed E-state index contributed by atoms with van der Waals surface area (Å²) in [5, 5.41) is 3.42. The molecular weight excluding hydrogens is 251 g/mol. The molecule has 1 unspecified atom stereocenters. The summed E-state index contributed by atoms with van der Waals surface area (Å²) in [7, 11) is 0. The first-order valence-electron chi connectivity index (χ1n) is 7.19. The molecule has 1 aromatic heterocycles. The van der Waals surface area contributed by atoms with Gasteiger partial charge in [-0.3, -0.25) is 4.98 Å². The number of nitrogens with zero attached hydrogens (tertiary/aromatic N) is 1. The zero-order valence-corrected chi connectivity index (χ0v) is 12.1. The molecule has 0 fully saturated rings. The Morgan fingerprint density at radius 3 is 2.65 bits per heavy atom. The SMILES string of the molecule is CCCNC(c1ccccc1F)c1ncccc1CC. The minimum absolute atomic E-state index is 0.186. The Labute approximate surface area is 120 Å². The second kappa shape index (κ2) is 7.15. The highest BCUT2D eigenvalue weighted by atomic mass is 19.1. The van der Waals surface area contributed by atoms with Gasteiger partial charge in [0, 0.05) is 11.8 Å². The fraction of sp³-hybridized carbons (Fsp3) is 0.353. The summed E-state index contributed by atoms with van der Waals surface area (Å²) < 4.78 is 14.1. The van der Waals surface area contributed by atoms with Crippen LogP contribution >= 0.6 is 0 Å². The van der Waals surface area contributed by atoms with Crippen molar-refractivity contribution in [2.45, 2.75) is 32.7 Å². The highest BCUT2D eigenvalue weighted by Crippen LogP contribution is 2.25. The van der Waals surface area contributed by atoms with Crippen LogP contribution in [-0.4, -0.2) is 11.5 Å². The lowest BCUT2D eigenvalue weighted by Crippen LogP contribution is -2.26. The summed E-state index contributed by atoms with van der Waals surface area (Å²) in [4.78, 5) is 4.49. The van der Waals surface area contributed by atoms with Crippen LogP contribution in [-0.2, 0) is 6.42 Å². The Hall–Kier alpha value is -1.74. The first-order chi connectivity index (χ1) is 9.77. The van der Waals surface area contributed by atoms with Crippen molar-refractivity contribution in [2.24, 2.45) is 0 Å². The van der Waals surface area contributed by atoms with Gasteiger partial charge in [0.15, 0.2) is 0 Å². The van der Waals surface area contributed by atoms with Crippen LogP contribution in [0.3, 0.4) is 0 Å². The molecule has 1 aromatic carbocycles. The molecule has 0 aliphatic rings. The van der Waals surface area contributed by atoms with E-state index < -0.39 is 0 Å². The molecule has 0 saturated carbocycles. The Kier molecular flexibility index (Phi) is 5.24. The molecule has 0 aliphatic carbocycles. The van der Waals surface area contributed by atoms with Crippen LogP contribution in [0, 0.1) is 5.82 Å². The summed E-state index contributed by atoms with van der Waals surface area (Å²) in [5.74, 6) is -0.186. The predicted octanol–water partition coefficient (Wildman–Crippen LogP) is 3.87. The second-order valence-corrected chi connectivity index (χ2v) is 4.81. The van der Waals surface area contributed by atoms with E-state index in [0.717, 1.165) is 30.6 Å². The number of rotatable bonds is 6. The van der Waals surface area contributed by atoms with Crippen LogP contribution in [0.5, 0.6) is 0 Å². The summed E-state index contributed by atoms with van der Waals surface area (Å²) >= 11 is 0. The molecule has 106 valence electrons. The lowest BCUT2D eigenvalue weighted by molar-refractivity contribution is 0.536. The number of nitrogens with one attached hydrogen (secondary N) is 1. The summed E-state index contributed by atoms with van der Waals surface area (Å²) in [6, 6.07) is 10.7. The lowest BCUT2D eigenvalue weighted by atomic mass is 9.97. The van der Waals surface area contributed by atoms with E-state index in [1.54, 1.807) is 12.3 Å². The van der Waals surface area contributed by atoms with Gasteiger partial charge in [-0.05, 0) is 37.1 Å². The van der Waals surface area contributed by atoms with Gasteiger partial charge in [-0.15, -0.1) is 0 Å². The Morgan fingerprint density at radius 2 is 1.95 bits per heavy atom. The van der Waals surface area contributed by atoms with Gasteiger partial charge in [0.2, 0.25) is 0 Å². The molecule has 0 aliphatic heterocycles. The van der Waals surface area contributed by atoms with Gasteiger partial charge in [-0.2, -0.15) is 0 Å². The van der Waals surface area contributed by atoms with Gasteiger partial charge >= 0.3 is 0 Å². The minimum atomic E-state index is -0.188. The third-order valence-corrected chi connectivity index (χ3v) is 3.40. The Bertz CT molecular complexity index is 554.